The van der Waals surface area contributed by atoms with Crippen LogP contribution in [0.2, 0.25) is 5.02 Å². The van der Waals surface area contributed by atoms with Crippen molar-refractivity contribution in [1.29, 1.82) is 0 Å². The van der Waals surface area contributed by atoms with Crippen molar-refractivity contribution in [1.82, 2.24) is 9.80 Å². The van der Waals surface area contributed by atoms with Gasteiger partial charge in [-0.25, -0.2) is 0 Å². The van der Waals surface area contributed by atoms with E-state index in [1.165, 1.54) is 12.0 Å². The molecule has 1 aromatic carbocycles. The molecule has 2 N–H and O–H groups in total. The van der Waals surface area contributed by atoms with Crippen molar-refractivity contribution in [2.24, 2.45) is 11.7 Å². The van der Waals surface area contributed by atoms with E-state index in [1.807, 2.05) is 17.0 Å². The second-order valence-corrected chi connectivity index (χ2v) is 7.64. The van der Waals surface area contributed by atoms with Crippen molar-refractivity contribution < 1.29 is 4.79 Å². The molecular weight excluding hydrogens is 393 g/mol. The number of amides is 1. The fraction of sp³-hybridized carbons (Fsp3) is 0.632. The molecule has 7 heteroatoms. The normalized spacial score (nSPS) is 24.5. The summed E-state index contributed by atoms with van der Waals surface area (Å²) >= 11 is 5.97. The number of benzene rings is 1. The Hall–Kier alpha value is -0.520. The van der Waals surface area contributed by atoms with Crippen LogP contribution in [0.5, 0.6) is 0 Å². The predicted octanol–water partition coefficient (Wildman–Crippen LogP) is 3.91. The van der Waals surface area contributed by atoms with Gasteiger partial charge in [-0.05, 0) is 43.4 Å². The summed E-state index contributed by atoms with van der Waals surface area (Å²) in [6.07, 6.45) is 3.99. The Labute approximate surface area is 174 Å². The minimum Gasteiger partial charge on any atom is -0.340 e. The number of hydrogen-bond acceptors (Lipinski definition) is 3. The number of carbonyl (C=O) groups excluding carboxylic acids is 1. The van der Waals surface area contributed by atoms with Crippen molar-refractivity contribution in [3.05, 3.63) is 34.9 Å². The second-order valence-electron chi connectivity index (χ2n) is 7.20. The van der Waals surface area contributed by atoms with Gasteiger partial charge in [-0.1, -0.05) is 30.2 Å². The van der Waals surface area contributed by atoms with E-state index < -0.39 is 0 Å². The monoisotopic (exact) mass is 421 g/mol. The summed E-state index contributed by atoms with van der Waals surface area (Å²) in [5.41, 5.74) is 7.38. The van der Waals surface area contributed by atoms with Gasteiger partial charge in [-0.3, -0.25) is 9.69 Å². The van der Waals surface area contributed by atoms with E-state index in [1.54, 1.807) is 0 Å². The van der Waals surface area contributed by atoms with E-state index in [0.717, 1.165) is 44.0 Å². The number of nitrogens with zero attached hydrogens (tertiary/aromatic N) is 2. The molecular formula is C19H30Cl3N3O. The van der Waals surface area contributed by atoms with Crippen LogP contribution in [0.3, 0.4) is 0 Å². The van der Waals surface area contributed by atoms with Crippen LogP contribution < -0.4 is 5.73 Å². The molecule has 26 heavy (non-hydrogen) atoms. The van der Waals surface area contributed by atoms with Gasteiger partial charge in [-0.2, -0.15) is 0 Å². The Balaban J connectivity index is 0.00000169. The number of halogens is 3. The number of nitrogens with two attached hydrogens (primary N) is 1. The standard InChI is InChI=1S/C19H28ClN3O.2ClH/c1-14(15-5-7-17(20)8-6-15)22-9-11-23(12-10-22)19(24)13-16-3-2-4-18(16)21;;/h5-8,14,16,18H,2-4,9-13,21H2,1H3;2*1H/t14?,16-,18+;;/m0../s1. The van der Waals surface area contributed by atoms with Gasteiger partial charge in [-0.15, -0.1) is 24.8 Å². The Kier molecular flexibility index (Phi) is 9.70. The lowest BCUT2D eigenvalue weighted by atomic mass is 9.99. The van der Waals surface area contributed by atoms with Crippen LogP contribution in [0.4, 0.5) is 0 Å². The van der Waals surface area contributed by atoms with Gasteiger partial charge in [0.25, 0.3) is 0 Å². The van der Waals surface area contributed by atoms with Crippen LogP contribution in [0.1, 0.15) is 44.2 Å². The maximum atomic E-state index is 12.5. The highest BCUT2D eigenvalue weighted by Gasteiger charge is 2.30. The molecule has 1 saturated carbocycles. The molecule has 0 bridgehead atoms. The first-order chi connectivity index (χ1) is 11.5. The lowest BCUT2D eigenvalue weighted by Gasteiger charge is -2.38. The average molecular weight is 423 g/mol. The summed E-state index contributed by atoms with van der Waals surface area (Å²) in [5.74, 6) is 0.680. The predicted molar refractivity (Wildman–Crippen MR) is 112 cm³/mol. The Bertz CT molecular complexity index is 562. The molecule has 148 valence electrons. The molecule has 4 nitrogen and oxygen atoms in total. The van der Waals surface area contributed by atoms with Crippen LogP contribution in [0, 0.1) is 5.92 Å². The molecule has 1 heterocycles. The van der Waals surface area contributed by atoms with Crippen LogP contribution in [0.15, 0.2) is 24.3 Å². The van der Waals surface area contributed by atoms with Crippen LogP contribution in [0.25, 0.3) is 0 Å². The van der Waals surface area contributed by atoms with E-state index in [4.69, 9.17) is 17.3 Å². The zero-order valence-corrected chi connectivity index (χ0v) is 17.7. The highest BCUT2D eigenvalue weighted by atomic mass is 35.5. The summed E-state index contributed by atoms with van der Waals surface area (Å²) in [7, 11) is 0. The molecule has 3 rings (SSSR count). The van der Waals surface area contributed by atoms with E-state index in [9.17, 15) is 4.79 Å². The summed E-state index contributed by atoms with van der Waals surface area (Å²) in [5, 5.41) is 0.770. The second kappa shape index (κ2) is 10.7. The minimum atomic E-state index is 0. The van der Waals surface area contributed by atoms with Gasteiger partial charge in [0.15, 0.2) is 0 Å². The first kappa shape index (κ1) is 23.5. The van der Waals surface area contributed by atoms with Crippen molar-refractivity contribution in [2.45, 2.75) is 44.7 Å². The van der Waals surface area contributed by atoms with Crippen LogP contribution in [-0.4, -0.2) is 47.9 Å². The third-order valence-corrected chi connectivity index (χ3v) is 5.97. The molecule has 0 spiro atoms. The van der Waals surface area contributed by atoms with Gasteiger partial charge in [0.05, 0.1) is 0 Å². The zero-order valence-electron chi connectivity index (χ0n) is 15.3. The Morgan fingerprint density at radius 3 is 2.31 bits per heavy atom. The van der Waals surface area contributed by atoms with E-state index in [2.05, 4.69) is 24.0 Å². The lowest BCUT2D eigenvalue weighted by Crippen LogP contribution is -2.49. The van der Waals surface area contributed by atoms with Crippen molar-refractivity contribution in [2.75, 3.05) is 26.2 Å². The molecule has 1 aliphatic carbocycles. The SMILES string of the molecule is CC(c1ccc(Cl)cc1)N1CCN(C(=O)C[C@@H]2CCC[C@H]2N)CC1.Cl.Cl. The molecule has 1 aliphatic heterocycles. The van der Waals surface area contributed by atoms with Gasteiger partial charge >= 0.3 is 0 Å². The molecule has 1 saturated heterocycles. The molecule has 3 atom stereocenters. The molecule has 0 aromatic heterocycles. The minimum absolute atomic E-state index is 0. The molecule has 2 aliphatic rings. The summed E-state index contributed by atoms with van der Waals surface area (Å²) < 4.78 is 0. The third kappa shape index (κ3) is 5.74. The summed E-state index contributed by atoms with van der Waals surface area (Å²) in [6.45, 7) is 5.70. The van der Waals surface area contributed by atoms with Crippen LogP contribution in [-0.2, 0) is 4.79 Å². The topological polar surface area (TPSA) is 49.6 Å². The van der Waals surface area contributed by atoms with E-state index >= 15 is 0 Å². The molecule has 1 amide bonds. The average Bonchev–Trinajstić information content (AvgIpc) is 3.00. The van der Waals surface area contributed by atoms with Gasteiger partial charge < -0.3 is 10.6 Å². The largest absolute Gasteiger partial charge is 0.340 e. The van der Waals surface area contributed by atoms with E-state index in [-0.39, 0.29) is 36.8 Å². The summed E-state index contributed by atoms with van der Waals surface area (Å²) in [6, 6.07) is 8.64. The quantitative estimate of drug-likeness (QED) is 0.800. The summed E-state index contributed by atoms with van der Waals surface area (Å²) in [4.78, 5) is 17.0. The van der Waals surface area contributed by atoms with Gasteiger partial charge in [0.1, 0.15) is 0 Å². The maximum Gasteiger partial charge on any atom is 0.222 e. The number of rotatable bonds is 4. The molecule has 0 radical (unpaired) electrons. The fourth-order valence-corrected chi connectivity index (χ4v) is 4.11. The molecule has 1 aromatic rings. The van der Waals surface area contributed by atoms with Crippen molar-refractivity contribution in [3.63, 3.8) is 0 Å². The highest BCUT2D eigenvalue weighted by molar-refractivity contribution is 6.30. The van der Waals surface area contributed by atoms with E-state index in [0.29, 0.717) is 18.4 Å². The van der Waals surface area contributed by atoms with Crippen molar-refractivity contribution >= 4 is 42.3 Å². The number of carbonyl (C=O) groups is 1. The van der Waals surface area contributed by atoms with Crippen LogP contribution >= 0.6 is 36.4 Å². The maximum absolute atomic E-state index is 12.5. The zero-order chi connectivity index (χ0) is 17.1. The number of hydrogen-bond donors (Lipinski definition) is 1. The smallest absolute Gasteiger partial charge is 0.222 e. The first-order valence-corrected chi connectivity index (χ1v) is 9.45. The third-order valence-electron chi connectivity index (χ3n) is 5.72. The Morgan fingerprint density at radius 2 is 1.77 bits per heavy atom. The number of piperazine rings is 1. The van der Waals surface area contributed by atoms with Crippen molar-refractivity contribution in [3.8, 4) is 0 Å². The molecule has 2 fully saturated rings. The lowest BCUT2D eigenvalue weighted by molar-refractivity contribution is -0.134. The van der Waals surface area contributed by atoms with Gasteiger partial charge in [0, 0.05) is 49.7 Å². The fourth-order valence-electron chi connectivity index (χ4n) is 3.98. The first-order valence-electron chi connectivity index (χ1n) is 9.07. The highest BCUT2D eigenvalue weighted by Crippen LogP contribution is 2.28. The van der Waals surface area contributed by atoms with Gasteiger partial charge in [0.2, 0.25) is 5.91 Å². The Morgan fingerprint density at radius 1 is 1.15 bits per heavy atom. The molecule has 1 unspecified atom stereocenters.